The van der Waals surface area contributed by atoms with E-state index in [1.165, 1.54) is 6.20 Å². The average molecular weight is 527 g/mol. The lowest BCUT2D eigenvalue weighted by Gasteiger charge is -2.43. The van der Waals surface area contributed by atoms with Crippen LogP contribution in [0.1, 0.15) is 52.9 Å². The third kappa shape index (κ3) is 8.71. The second-order valence-corrected chi connectivity index (χ2v) is 10.8. The lowest BCUT2D eigenvalue weighted by Crippen LogP contribution is -2.57. The number of amides is 1. The number of aliphatic hydroxyl groups excluding tert-OH is 2. The second-order valence-electron chi connectivity index (χ2n) is 10.8. The van der Waals surface area contributed by atoms with Crippen LogP contribution in [0.25, 0.3) is 0 Å². The van der Waals surface area contributed by atoms with Gasteiger partial charge in [0.25, 0.3) is 0 Å². The van der Waals surface area contributed by atoms with Gasteiger partial charge in [-0.05, 0) is 71.2 Å². The van der Waals surface area contributed by atoms with Crippen molar-refractivity contribution >= 4 is 24.5 Å². The molecule has 10 nitrogen and oxygen atoms in total. The highest BCUT2D eigenvalue weighted by Crippen LogP contribution is 2.28. The molecule has 3 unspecified atom stereocenters. The van der Waals surface area contributed by atoms with Gasteiger partial charge in [-0.15, -0.1) is 0 Å². The maximum absolute atomic E-state index is 12.5. The first kappa shape index (κ1) is 29.4. The van der Waals surface area contributed by atoms with Crippen molar-refractivity contribution in [2.75, 3.05) is 39.3 Å². The van der Waals surface area contributed by atoms with Gasteiger partial charge in [-0.25, -0.2) is 14.8 Å². The molecule has 0 aromatic rings. The summed E-state index contributed by atoms with van der Waals surface area (Å²) >= 11 is 0. The van der Waals surface area contributed by atoms with Crippen LogP contribution < -0.4 is 0 Å². The van der Waals surface area contributed by atoms with Crippen LogP contribution >= 0.6 is 0 Å². The smallest absolute Gasteiger partial charge is 0.410 e. The molecule has 3 rings (SSSR count). The quantitative estimate of drug-likeness (QED) is 0.300. The van der Waals surface area contributed by atoms with Gasteiger partial charge in [0.1, 0.15) is 5.60 Å². The van der Waals surface area contributed by atoms with Crippen molar-refractivity contribution in [1.82, 2.24) is 14.7 Å². The largest absolute Gasteiger partial charge is 0.444 e. The minimum atomic E-state index is -0.898. The molecule has 3 atom stereocenters. The number of aliphatic hydroxyl groups is 2. The molecule has 0 aromatic heterocycles. The molecule has 2 heterocycles. The summed E-state index contributed by atoms with van der Waals surface area (Å²) in [4.78, 5) is 30.9. The van der Waals surface area contributed by atoms with E-state index in [-0.39, 0.29) is 18.7 Å². The molecule has 0 saturated carbocycles. The van der Waals surface area contributed by atoms with E-state index in [0.717, 1.165) is 25.0 Å². The summed E-state index contributed by atoms with van der Waals surface area (Å²) in [6.07, 6.45) is 10.4. The fourth-order valence-corrected chi connectivity index (χ4v) is 4.70. The van der Waals surface area contributed by atoms with Crippen molar-refractivity contribution in [2.24, 2.45) is 20.9 Å². The summed E-state index contributed by atoms with van der Waals surface area (Å²) in [5.41, 5.74) is 3.02. The van der Waals surface area contributed by atoms with Gasteiger partial charge < -0.3 is 29.6 Å². The predicted molar refractivity (Wildman–Crippen MR) is 149 cm³/mol. The third-order valence-corrected chi connectivity index (χ3v) is 6.65. The van der Waals surface area contributed by atoms with Crippen LogP contribution in [0.3, 0.4) is 0 Å². The Kier molecular flexibility index (Phi) is 10.9. The van der Waals surface area contributed by atoms with Crippen LogP contribution in [0.5, 0.6) is 0 Å². The van der Waals surface area contributed by atoms with E-state index >= 15 is 0 Å². The van der Waals surface area contributed by atoms with Gasteiger partial charge in [0.15, 0.2) is 12.1 Å². The number of carbonyl (C=O) groups is 1. The molecule has 38 heavy (non-hydrogen) atoms. The van der Waals surface area contributed by atoms with Crippen molar-refractivity contribution in [1.29, 1.82) is 0 Å². The standard InChI is InChI=1S/C28H42N6O4/c1-28(2,3)38-27(37)33-17-15-32(16-18-33)25-26(36)34(21-23(31-25)9-6-19-35)24-10-5-8-22(11-12-24)20-30-14-7-13-29-4/h5,10,13,21-22,24,26,35-36H,4,6,8-9,11-12,15-20H2,1-3H3. The number of nitrogens with zero attached hydrogens (tertiary/aromatic N) is 6. The first-order chi connectivity index (χ1) is 18.2. The molecule has 0 radical (unpaired) electrons. The summed E-state index contributed by atoms with van der Waals surface area (Å²) < 4.78 is 5.52. The Morgan fingerprint density at radius 3 is 2.74 bits per heavy atom. The SMILES string of the molecule is C=NC=C=C=NCC1CC=CC(N2C=C(CCCO)N=C(N3CCN(C(=O)OC(C)(C)C)CC3)C2O)CC1. The third-order valence-electron chi connectivity index (χ3n) is 6.65. The second kappa shape index (κ2) is 14.1. The number of hydrogen-bond donors (Lipinski definition) is 2. The molecule has 0 bridgehead atoms. The maximum atomic E-state index is 12.5. The molecule has 2 N–H and O–H groups in total. The molecule has 2 aliphatic heterocycles. The van der Waals surface area contributed by atoms with Gasteiger partial charge in [0.05, 0.1) is 18.4 Å². The maximum Gasteiger partial charge on any atom is 0.410 e. The lowest BCUT2D eigenvalue weighted by molar-refractivity contribution is 0.0160. The molecule has 1 aliphatic carbocycles. The van der Waals surface area contributed by atoms with Crippen molar-refractivity contribution in [3.63, 3.8) is 0 Å². The zero-order valence-corrected chi connectivity index (χ0v) is 22.9. The zero-order valence-electron chi connectivity index (χ0n) is 22.9. The van der Waals surface area contributed by atoms with Gasteiger partial charge in [0, 0.05) is 50.9 Å². The highest BCUT2D eigenvalue weighted by molar-refractivity contribution is 5.88. The molecular formula is C28H42N6O4. The van der Waals surface area contributed by atoms with Crippen LogP contribution in [-0.4, -0.2) is 107 Å². The first-order valence-electron chi connectivity index (χ1n) is 13.4. The first-order valence-corrected chi connectivity index (χ1v) is 13.4. The van der Waals surface area contributed by atoms with E-state index in [9.17, 15) is 15.0 Å². The normalized spacial score (nSPS) is 23.9. The Bertz CT molecular complexity index is 1010. The topological polar surface area (TPSA) is 114 Å². The molecule has 208 valence electrons. The highest BCUT2D eigenvalue weighted by Gasteiger charge is 2.35. The van der Waals surface area contributed by atoms with Crippen LogP contribution in [0, 0.1) is 5.92 Å². The molecule has 1 amide bonds. The van der Waals surface area contributed by atoms with Crippen LogP contribution in [0.2, 0.25) is 0 Å². The van der Waals surface area contributed by atoms with E-state index in [1.54, 1.807) is 4.90 Å². The van der Waals surface area contributed by atoms with Crippen LogP contribution in [-0.2, 0) is 4.74 Å². The zero-order chi connectivity index (χ0) is 27.5. The minimum Gasteiger partial charge on any atom is -0.444 e. The van der Waals surface area contributed by atoms with E-state index in [4.69, 9.17) is 9.73 Å². The summed E-state index contributed by atoms with van der Waals surface area (Å²) in [6, 6.07) is 0.0112. The van der Waals surface area contributed by atoms with Gasteiger partial charge in [0.2, 0.25) is 0 Å². The van der Waals surface area contributed by atoms with E-state index in [0.29, 0.717) is 57.3 Å². The summed E-state index contributed by atoms with van der Waals surface area (Å²) in [5, 5.41) is 20.8. The van der Waals surface area contributed by atoms with Gasteiger partial charge in [-0.2, -0.15) is 0 Å². The summed E-state index contributed by atoms with van der Waals surface area (Å²) in [7, 11) is 0. The Morgan fingerprint density at radius 1 is 1.29 bits per heavy atom. The molecule has 0 spiro atoms. The molecular weight excluding hydrogens is 484 g/mol. The van der Waals surface area contributed by atoms with Crippen molar-refractivity contribution < 1.29 is 19.7 Å². The highest BCUT2D eigenvalue weighted by atomic mass is 16.6. The number of piperazine rings is 1. The number of aliphatic imine (C=N–C) groups is 3. The van der Waals surface area contributed by atoms with Crippen LogP contribution in [0.4, 0.5) is 4.79 Å². The monoisotopic (exact) mass is 526 g/mol. The Labute approximate surface area is 226 Å². The predicted octanol–water partition coefficient (Wildman–Crippen LogP) is 2.95. The lowest BCUT2D eigenvalue weighted by atomic mass is 9.99. The van der Waals surface area contributed by atoms with Crippen molar-refractivity contribution in [2.45, 2.75) is 70.7 Å². The number of carbonyl (C=O) groups excluding carboxylic acids is 1. The van der Waals surface area contributed by atoms with E-state index in [2.05, 4.69) is 45.4 Å². The molecule has 1 saturated heterocycles. The Morgan fingerprint density at radius 2 is 2.05 bits per heavy atom. The number of amidine groups is 1. The number of rotatable bonds is 7. The minimum absolute atomic E-state index is 0.0112. The van der Waals surface area contributed by atoms with Gasteiger partial charge in [-0.1, -0.05) is 12.2 Å². The van der Waals surface area contributed by atoms with E-state index < -0.39 is 11.8 Å². The molecule has 1 fully saturated rings. The molecule has 10 heteroatoms. The Hall–Kier alpha value is -3.16. The average Bonchev–Trinajstić information content (AvgIpc) is 3.13. The van der Waals surface area contributed by atoms with Crippen molar-refractivity contribution in [3.05, 3.63) is 36.0 Å². The fourth-order valence-electron chi connectivity index (χ4n) is 4.70. The van der Waals surface area contributed by atoms with Gasteiger partial charge >= 0.3 is 6.09 Å². The molecule has 0 aromatic carbocycles. The molecule has 3 aliphatic rings. The van der Waals surface area contributed by atoms with Crippen molar-refractivity contribution in [3.8, 4) is 0 Å². The van der Waals surface area contributed by atoms with Crippen LogP contribution in [0.15, 0.2) is 51.0 Å². The summed E-state index contributed by atoms with van der Waals surface area (Å²) in [6.45, 7) is 11.8. The fraction of sp³-hybridized carbons (Fsp3) is 0.643. The number of allylic oxidation sites excluding steroid dienone is 2. The Balaban J connectivity index is 1.68. The van der Waals surface area contributed by atoms with Gasteiger partial charge in [-0.3, -0.25) is 4.99 Å². The number of ether oxygens (including phenoxy) is 1. The summed E-state index contributed by atoms with van der Waals surface area (Å²) in [5.74, 6) is 3.73. The number of hydrogen-bond acceptors (Lipinski definition) is 9. The van der Waals surface area contributed by atoms with E-state index in [1.807, 2.05) is 31.9 Å².